The minimum atomic E-state index is -3.53. The van der Waals surface area contributed by atoms with Gasteiger partial charge in [-0.25, -0.2) is 12.7 Å². The second-order valence-electron chi connectivity index (χ2n) is 6.88. The van der Waals surface area contributed by atoms with Gasteiger partial charge in [0.25, 0.3) is 0 Å². The number of amides is 1. The van der Waals surface area contributed by atoms with Crippen molar-refractivity contribution in [2.24, 2.45) is 5.92 Å². The number of ether oxygens (including phenoxy) is 1. The van der Waals surface area contributed by atoms with Crippen LogP contribution in [0.3, 0.4) is 0 Å². The molecule has 1 amide bonds. The summed E-state index contributed by atoms with van der Waals surface area (Å²) < 4.78 is 32.0. The van der Waals surface area contributed by atoms with Crippen LogP contribution in [0.4, 0.5) is 5.69 Å². The van der Waals surface area contributed by atoms with E-state index in [0.29, 0.717) is 53.0 Å². The number of methoxy groups -OCH3 is 1. The van der Waals surface area contributed by atoms with Crippen LogP contribution in [-0.2, 0) is 20.6 Å². The number of carbonyl (C=O) groups is 1. The number of nitrogens with zero attached hydrogens (tertiary/aromatic N) is 1. The highest BCUT2D eigenvalue weighted by atomic mass is 35.5. The molecule has 1 aliphatic heterocycles. The lowest BCUT2D eigenvalue weighted by molar-refractivity contribution is -0.120. The van der Waals surface area contributed by atoms with Gasteiger partial charge in [0.15, 0.2) is 0 Å². The quantitative estimate of drug-likeness (QED) is 0.706. The Bertz CT molecular complexity index is 972. The second kappa shape index (κ2) is 9.34. The van der Waals surface area contributed by atoms with Gasteiger partial charge in [-0.15, -0.1) is 0 Å². The average Bonchev–Trinajstić information content (AvgIpc) is 2.71. The summed E-state index contributed by atoms with van der Waals surface area (Å²) >= 11 is 12.0. The molecule has 1 fully saturated rings. The van der Waals surface area contributed by atoms with Gasteiger partial charge in [0, 0.05) is 34.7 Å². The highest BCUT2D eigenvalue weighted by molar-refractivity contribution is 7.88. The molecule has 1 heterocycles. The van der Waals surface area contributed by atoms with Crippen molar-refractivity contribution < 1.29 is 17.9 Å². The minimum Gasteiger partial charge on any atom is -0.497 e. The highest BCUT2D eigenvalue weighted by Crippen LogP contribution is 2.27. The second-order valence-corrected chi connectivity index (χ2v) is 9.70. The largest absolute Gasteiger partial charge is 0.497 e. The Balaban J connectivity index is 1.56. The summed E-state index contributed by atoms with van der Waals surface area (Å²) in [6.45, 7) is 0.600. The van der Waals surface area contributed by atoms with E-state index in [1.165, 1.54) is 10.4 Å². The van der Waals surface area contributed by atoms with Gasteiger partial charge < -0.3 is 10.1 Å². The molecule has 0 spiro atoms. The number of sulfonamides is 1. The molecule has 29 heavy (non-hydrogen) atoms. The fourth-order valence-corrected chi connectivity index (χ4v) is 5.39. The van der Waals surface area contributed by atoms with Crippen molar-refractivity contribution in [3.63, 3.8) is 0 Å². The summed E-state index contributed by atoms with van der Waals surface area (Å²) in [5.74, 6) is 0.184. The maximum absolute atomic E-state index is 12.7. The molecule has 0 unspecified atom stereocenters. The maximum atomic E-state index is 12.7. The molecule has 3 rings (SSSR count). The molecule has 0 aliphatic carbocycles. The van der Waals surface area contributed by atoms with Crippen molar-refractivity contribution in [1.82, 2.24) is 4.31 Å². The van der Waals surface area contributed by atoms with Gasteiger partial charge in [0.1, 0.15) is 5.75 Å². The molecule has 1 saturated heterocycles. The average molecular weight is 457 g/mol. The first kappa shape index (κ1) is 21.9. The third-order valence-electron chi connectivity index (χ3n) is 4.93. The lowest BCUT2D eigenvalue weighted by Gasteiger charge is -2.30. The van der Waals surface area contributed by atoms with E-state index in [9.17, 15) is 13.2 Å². The van der Waals surface area contributed by atoms with E-state index in [-0.39, 0.29) is 17.6 Å². The molecule has 2 aromatic carbocycles. The van der Waals surface area contributed by atoms with Crippen LogP contribution in [0.5, 0.6) is 5.75 Å². The molecule has 9 heteroatoms. The van der Waals surface area contributed by atoms with E-state index >= 15 is 0 Å². The van der Waals surface area contributed by atoms with Crippen molar-refractivity contribution >= 4 is 44.8 Å². The van der Waals surface area contributed by atoms with Crippen molar-refractivity contribution in [2.75, 3.05) is 25.5 Å². The number of hydrogen-bond acceptors (Lipinski definition) is 4. The Hall–Kier alpha value is -1.80. The number of piperidine rings is 1. The zero-order valence-corrected chi connectivity index (χ0v) is 18.2. The zero-order chi connectivity index (χ0) is 21.0. The first-order valence-electron chi connectivity index (χ1n) is 9.15. The van der Waals surface area contributed by atoms with Crippen molar-refractivity contribution in [3.8, 4) is 5.75 Å². The lowest BCUT2D eigenvalue weighted by atomic mass is 9.97. The number of anilines is 1. The van der Waals surface area contributed by atoms with Gasteiger partial charge in [-0.2, -0.15) is 0 Å². The third-order valence-corrected chi connectivity index (χ3v) is 7.34. The molecule has 0 saturated carbocycles. The molecule has 156 valence electrons. The van der Waals surface area contributed by atoms with Crippen LogP contribution in [-0.4, -0.2) is 38.8 Å². The SMILES string of the molecule is COc1ccc(NC(=O)C2CCN(S(=O)(=O)Cc3ccc(Cl)cc3Cl)CC2)cc1. The predicted molar refractivity (Wildman–Crippen MR) is 115 cm³/mol. The lowest BCUT2D eigenvalue weighted by Crippen LogP contribution is -2.41. The molecular formula is C20H22Cl2N2O4S. The van der Waals surface area contributed by atoms with E-state index in [1.807, 2.05) is 0 Å². The summed E-state index contributed by atoms with van der Waals surface area (Å²) in [5.41, 5.74) is 1.19. The molecule has 6 nitrogen and oxygen atoms in total. The highest BCUT2D eigenvalue weighted by Gasteiger charge is 2.31. The molecule has 0 radical (unpaired) electrons. The monoisotopic (exact) mass is 456 g/mol. The van der Waals surface area contributed by atoms with Gasteiger partial charge >= 0.3 is 0 Å². The number of rotatable bonds is 6. The topological polar surface area (TPSA) is 75.7 Å². The number of hydrogen-bond donors (Lipinski definition) is 1. The Labute approximate surface area is 180 Å². The summed E-state index contributed by atoms with van der Waals surface area (Å²) in [6.07, 6.45) is 0.936. The Morgan fingerprint density at radius 3 is 2.38 bits per heavy atom. The first-order valence-corrected chi connectivity index (χ1v) is 11.5. The van der Waals surface area contributed by atoms with Crippen LogP contribution in [0.1, 0.15) is 18.4 Å². The zero-order valence-electron chi connectivity index (χ0n) is 15.9. The van der Waals surface area contributed by atoms with Crippen molar-refractivity contribution in [2.45, 2.75) is 18.6 Å². The number of carbonyl (C=O) groups excluding carboxylic acids is 1. The van der Waals surface area contributed by atoms with Gasteiger partial charge in [0.2, 0.25) is 15.9 Å². The Kier molecular flexibility index (Phi) is 7.05. The number of halogens is 2. The van der Waals surface area contributed by atoms with Gasteiger partial charge in [-0.3, -0.25) is 4.79 Å². The van der Waals surface area contributed by atoms with Gasteiger partial charge in [0.05, 0.1) is 12.9 Å². The smallest absolute Gasteiger partial charge is 0.227 e. The molecule has 1 N–H and O–H groups in total. The number of benzene rings is 2. The summed E-state index contributed by atoms with van der Waals surface area (Å²) in [6, 6.07) is 11.9. The van der Waals surface area contributed by atoms with Crippen molar-refractivity contribution in [1.29, 1.82) is 0 Å². The van der Waals surface area contributed by atoms with Crippen LogP contribution in [0.25, 0.3) is 0 Å². The summed E-state index contributed by atoms with van der Waals surface area (Å²) in [7, 11) is -1.95. The van der Waals surface area contributed by atoms with Crippen LogP contribution in [0.2, 0.25) is 10.0 Å². The third kappa shape index (κ3) is 5.63. The fourth-order valence-electron chi connectivity index (χ4n) is 3.24. The van der Waals surface area contributed by atoms with E-state index in [1.54, 1.807) is 43.5 Å². The van der Waals surface area contributed by atoms with Crippen LogP contribution < -0.4 is 10.1 Å². The maximum Gasteiger partial charge on any atom is 0.227 e. The molecule has 2 aromatic rings. The molecule has 0 aromatic heterocycles. The molecular weight excluding hydrogens is 435 g/mol. The van der Waals surface area contributed by atoms with Crippen LogP contribution in [0.15, 0.2) is 42.5 Å². The molecule has 0 atom stereocenters. The van der Waals surface area contributed by atoms with Crippen LogP contribution >= 0.6 is 23.2 Å². The number of nitrogens with one attached hydrogen (secondary N) is 1. The van der Waals surface area contributed by atoms with E-state index in [4.69, 9.17) is 27.9 Å². The normalized spacial score (nSPS) is 15.8. The predicted octanol–water partition coefficient (Wildman–Crippen LogP) is 4.18. The standard InChI is InChI=1S/C20H22Cl2N2O4S/c1-28-18-6-4-17(5-7-18)23-20(25)14-8-10-24(11-9-14)29(26,27)13-15-2-3-16(21)12-19(15)22/h2-7,12,14H,8-11,13H2,1H3,(H,23,25). The van der Waals surface area contributed by atoms with E-state index in [2.05, 4.69) is 5.32 Å². The molecule has 1 aliphatic rings. The summed E-state index contributed by atoms with van der Waals surface area (Å²) in [5, 5.41) is 3.66. The van der Waals surface area contributed by atoms with Crippen LogP contribution in [0, 0.1) is 5.92 Å². The van der Waals surface area contributed by atoms with Crippen molar-refractivity contribution in [3.05, 3.63) is 58.1 Å². The minimum absolute atomic E-state index is 0.104. The first-order chi connectivity index (χ1) is 13.8. The van der Waals surface area contributed by atoms with E-state index in [0.717, 1.165) is 0 Å². The van der Waals surface area contributed by atoms with Gasteiger partial charge in [-0.1, -0.05) is 29.3 Å². The summed E-state index contributed by atoms with van der Waals surface area (Å²) in [4.78, 5) is 12.5. The molecule has 0 bridgehead atoms. The van der Waals surface area contributed by atoms with E-state index < -0.39 is 10.0 Å². The fraction of sp³-hybridized carbons (Fsp3) is 0.350. The Morgan fingerprint density at radius 1 is 1.14 bits per heavy atom. The Morgan fingerprint density at radius 2 is 1.79 bits per heavy atom. The van der Waals surface area contributed by atoms with Gasteiger partial charge in [-0.05, 0) is 54.8 Å².